The second kappa shape index (κ2) is 4.09. The van der Waals surface area contributed by atoms with Crippen molar-refractivity contribution in [1.82, 2.24) is 4.98 Å². The van der Waals surface area contributed by atoms with Crippen LogP contribution in [0.15, 0.2) is 18.5 Å². The highest BCUT2D eigenvalue weighted by Gasteiger charge is 2.14. The minimum Gasteiger partial charge on any atom is -0.478 e. The lowest BCUT2D eigenvalue weighted by Gasteiger charge is -2.24. The smallest absolute Gasteiger partial charge is 0.337 e. The first-order valence-electron chi connectivity index (χ1n) is 4.44. The van der Waals surface area contributed by atoms with Crippen LogP contribution in [-0.4, -0.2) is 29.1 Å². The zero-order valence-corrected chi connectivity index (χ0v) is 8.56. The van der Waals surface area contributed by atoms with Gasteiger partial charge in [-0.2, -0.15) is 0 Å². The predicted octanol–water partition coefficient (Wildman–Crippen LogP) is 1.62. The largest absolute Gasteiger partial charge is 0.478 e. The van der Waals surface area contributed by atoms with Crippen LogP contribution in [0.1, 0.15) is 24.2 Å². The van der Waals surface area contributed by atoms with E-state index in [9.17, 15) is 4.79 Å². The number of carboxylic acid groups (broad SMARTS) is 1. The number of rotatable bonds is 3. The summed E-state index contributed by atoms with van der Waals surface area (Å²) in [6.07, 6.45) is 3.06. The van der Waals surface area contributed by atoms with E-state index < -0.39 is 5.97 Å². The second-order valence-corrected chi connectivity index (χ2v) is 3.40. The van der Waals surface area contributed by atoms with Gasteiger partial charge < -0.3 is 10.0 Å². The molecule has 1 heterocycles. The molecule has 14 heavy (non-hydrogen) atoms. The van der Waals surface area contributed by atoms with Crippen LogP contribution in [-0.2, 0) is 0 Å². The molecule has 0 amide bonds. The summed E-state index contributed by atoms with van der Waals surface area (Å²) in [5, 5.41) is 8.94. The minimum atomic E-state index is -0.921. The predicted molar refractivity (Wildman–Crippen MR) is 54.7 cm³/mol. The van der Waals surface area contributed by atoms with Crippen LogP contribution in [0.4, 0.5) is 5.69 Å². The number of carbonyl (C=O) groups is 1. The Morgan fingerprint density at radius 2 is 2.21 bits per heavy atom. The van der Waals surface area contributed by atoms with Gasteiger partial charge in [0.1, 0.15) is 0 Å². The SMILES string of the molecule is CC(C)N(C)c1cnccc1C(=O)O. The number of hydrogen-bond acceptors (Lipinski definition) is 3. The van der Waals surface area contributed by atoms with Crippen LogP contribution in [0, 0.1) is 0 Å². The van der Waals surface area contributed by atoms with Crippen molar-refractivity contribution in [2.45, 2.75) is 19.9 Å². The molecule has 0 unspecified atom stereocenters. The van der Waals surface area contributed by atoms with E-state index in [0.717, 1.165) is 0 Å². The summed E-state index contributed by atoms with van der Waals surface area (Å²) in [7, 11) is 1.86. The molecule has 0 aliphatic heterocycles. The number of aromatic carboxylic acids is 1. The molecule has 0 bridgehead atoms. The van der Waals surface area contributed by atoms with E-state index in [1.165, 1.54) is 12.3 Å². The van der Waals surface area contributed by atoms with Gasteiger partial charge in [-0.15, -0.1) is 0 Å². The summed E-state index contributed by atoms with van der Waals surface area (Å²) >= 11 is 0. The summed E-state index contributed by atoms with van der Waals surface area (Å²) in [6, 6.07) is 1.76. The maximum absolute atomic E-state index is 10.9. The monoisotopic (exact) mass is 194 g/mol. The van der Waals surface area contributed by atoms with Crippen molar-refractivity contribution in [3.05, 3.63) is 24.0 Å². The number of pyridine rings is 1. The maximum atomic E-state index is 10.9. The van der Waals surface area contributed by atoms with E-state index in [1.807, 2.05) is 25.8 Å². The highest BCUT2D eigenvalue weighted by molar-refractivity contribution is 5.94. The molecule has 0 atom stereocenters. The molecule has 0 radical (unpaired) electrons. The molecule has 4 nitrogen and oxygen atoms in total. The van der Waals surface area contributed by atoms with Gasteiger partial charge in [-0.3, -0.25) is 4.98 Å². The second-order valence-electron chi connectivity index (χ2n) is 3.40. The zero-order valence-electron chi connectivity index (χ0n) is 8.56. The average Bonchev–Trinajstić information content (AvgIpc) is 2.16. The van der Waals surface area contributed by atoms with Gasteiger partial charge in [0.25, 0.3) is 0 Å². The number of nitrogens with zero attached hydrogens (tertiary/aromatic N) is 2. The van der Waals surface area contributed by atoms with Crippen molar-refractivity contribution < 1.29 is 9.90 Å². The summed E-state index contributed by atoms with van der Waals surface area (Å²) < 4.78 is 0. The topological polar surface area (TPSA) is 53.4 Å². The first-order valence-corrected chi connectivity index (χ1v) is 4.44. The average molecular weight is 194 g/mol. The number of hydrogen-bond donors (Lipinski definition) is 1. The molecule has 0 aromatic carbocycles. The lowest BCUT2D eigenvalue weighted by molar-refractivity contribution is 0.0697. The Morgan fingerprint density at radius 3 is 2.71 bits per heavy atom. The third-order valence-electron chi connectivity index (χ3n) is 2.19. The molecule has 1 N–H and O–H groups in total. The fraction of sp³-hybridized carbons (Fsp3) is 0.400. The molecule has 1 rings (SSSR count). The van der Waals surface area contributed by atoms with Crippen LogP contribution in [0.3, 0.4) is 0 Å². The summed E-state index contributed by atoms with van der Waals surface area (Å²) in [6.45, 7) is 4.00. The summed E-state index contributed by atoms with van der Waals surface area (Å²) in [4.78, 5) is 16.7. The van der Waals surface area contributed by atoms with Gasteiger partial charge in [0.15, 0.2) is 0 Å². The molecule has 0 aliphatic rings. The van der Waals surface area contributed by atoms with E-state index in [2.05, 4.69) is 4.98 Å². The van der Waals surface area contributed by atoms with Crippen molar-refractivity contribution in [1.29, 1.82) is 0 Å². The number of anilines is 1. The van der Waals surface area contributed by atoms with Crippen molar-refractivity contribution in [3.63, 3.8) is 0 Å². The van der Waals surface area contributed by atoms with Gasteiger partial charge in [-0.25, -0.2) is 4.79 Å². The maximum Gasteiger partial charge on any atom is 0.337 e. The molecular formula is C10H14N2O2. The zero-order chi connectivity index (χ0) is 10.7. The Morgan fingerprint density at radius 1 is 1.57 bits per heavy atom. The van der Waals surface area contributed by atoms with Gasteiger partial charge in [0.2, 0.25) is 0 Å². The van der Waals surface area contributed by atoms with E-state index in [0.29, 0.717) is 5.69 Å². The summed E-state index contributed by atoms with van der Waals surface area (Å²) in [5.74, 6) is -0.921. The molecule has 0 saturated heterocycles. The lowest BCUT2D eigenvalue weighted by Crippen LogP contribution is -2.27. The number of carboxylic acids is 1. The van der Waals surface area contributed by atoms with Gasteiger partial charge >= 0.3 is 5.97 Å². The van der Waals surface area contributed by atoms with Crippen LogP contribution in [0.25, 0.3) is 0 Å². The molecule has 0 saturated carbocycles. The fourth-order valence-corrected chi connectivity index (χ4v) is 1.13. The van der Waals surface area contributed by atoms with Crippen LogP contribution in [0.5, 0.6) is 0 Å². The molecule has 0 spiro atoms. The third kappa shape index (κ3) is 2.02. The van der Waals surface area contributed by atoms with Gasteiger partial charge in [0, 0.05) is 19.3 Å². The molecule has 0 fully saturated rings. The standard InChI is InChI=1S/C10H14N2O2/c1-7(2)12(3)9-6-11-5-4-8(9)10(13)14/h4-7H,1-3H3,(H,13,14). The first-order chi connectivity index (χ1) is 6.54. The van der Waals surface area contributed by atoms with E-state index in [4.69, 9.17) is 5.11 Å². The Balaban J connectivity index is 3.13. The van der Waals surface area contributed by atoms with E-state index >= 15 is 0 Å². The Labute approximate surface area is 83.2 Å². The van der Waals surface area contributed by atoms with Crippen molar-refractivity contribution in [2.75, 3.05) is 11.9 Å². The summed E-state index contributed by atoms with van der Waals surface area (Å²) in [5.41, 5.74) is 0.936. The molecule has 4 heteroatoms. The van der Waals surface area contributed by atoms with Crippen molar-refractivity contribution >= 4 is 11.7 Å². The fourth-order valence-electron chi connectivity index (χ4n) is 1.13. The van der Waals surface area contributed by atoms with Gasteiger partial charge in [-0.05, 0) is 19.9 Å². The molecule has 1 aromatic heterocycles. The van der Waals surface area contributed by atoms with Gasteiger partial charge in [0.05, 0.1) is 17.4 Å². The highest BCUT2D eigenvalue weighted by Crippen LogP contribution is 2.19. The van der Waals surface area contributed by atoms with Gasteiger partial charge in [-0.1, -0.05) is 0 Å². The number of aromatic nitrogens is 1. The molecular weight excluding hydrogens is 180 g/mol. The van der Waals surface area contributed by atoms with Crippen LogP contribution < -0.4 is 4.90 Å². The highest BCUT2D eigenvalue weighted by atomic mass is 16.4. The quantitative estimate of drug-likeness (QED) is 0.794. The van der Waals surface area contributed by atoms with E-state index in [-0.39, 0.29) is 11.6 Å². The van der Waals surface area contributed by atoms with Crippen LogP contribution >= 0.6 is 0 Å². The van der Waals surface area contributed by atoms with Crippen molar-refractivity contribution in [3.8, 4) is 0 Å². The molecule has 76 valence electrons. The Kier molecular flexibility index (Phi) is 3.06. The third-order valence-corrected chi connectivity index (χ3v) is 2.19. The van der Waals surface area contributed by atoms with Crippen molar-refractivity contribution in [2.24, 2.45) is 0 Å². The lowest BCUT2D eigenvalue weighted by atomic mass is 10.2. The first kappa shape index (κ1) is 10.5. The normalized spacial score (nSPS) is 10.3. The van der Waals surface area contributed by atoms with Crippen LogP contribution in [0.2, 0.25) is 0 Å². The minimum absolute atomic E-state index is 0.247. The Hall–Kier alpha value is -1.58. The Bertz CT molecular complexity index is 337. The van der Waals surface area contributed by atoms with E-state index in [1.54, 1.807) is 6.20 Å². The molecule has 0 aliphatic carbocycles. The molecule has 1 aromatic rings.